The predicted octanol–water partition coefficient (Wildman–Crippen LogP) is -0.222. The smallest absolute Gasteiger partial charge is 0.261 e. The molecule has 0 bridgehead atoms. The van der Waals surface area contributed by atoms with Crippen LogP contribution >= 0.6 is 12.2 Å². The molecular weight excluding hydrogens is 278 g/mol. The molecule has 108 valence electrons. The Morgan fingerprint density at radius 1 is 1.50 bits per heavy atom. The highest BCUT2D eigenvalue weighted by Gasteiger charge is 2.16. The summed E-state index contributed by atoms with van der Waals surface area (Å²) in [6.07, 6.45) is 3.15. The molecule has 0 spiro atoms. The molecule has 2 rings (SSSR count). The van der Waals surface area contributed by atoms with E-state index in [2.05, 4.69) is 5.32 Å². The number of carbonyl (C=O) groups excluding carboxylic acids is 1. The first kappa shape index (κ1) is 14.7. The van der Waals surface area contributed by atoms with E-state index >= 15 is 0 Å². The van der Waals surface area contributed by atoms with E-state index in [1.54, 1.807) is 18.3 Å². The highest BCUT2D eigenvalue weighted by atomic mass is 32.1. The summed E-state index contributed by atoms with van der Waals surface area (Å²) < 4.78 is 6.53. The molecule has 20 heavy (non-hydrogen) atoms. The van der Waals surface area contributed by atoms with Crippen LogP contribution in [0, 0.1) is 0 Å². The van der Waals surface area contributed by atoms with E-state index in [9.17, 15) is 9.59 Å². The van der Waals surface area contributed by atoms with Crippen molar-refractivity contribution in [1.29, 1.82) is 0 Å². The number of aromatic nitrogens is 1. The molecule has 6 nitrogen and oxygen atoms in total. The maximum atomic E-state index is 12.0. The number of thiocarbonyl (C=S) groups is 1. The number of nitrogens with two attached hydrogens (primary N) is 1. The van der Waals surface area contributed by atoms with E-state index < -0.39 is 0 Å². The van der Waals surface area contributed by atoms with Crippen LogP contribution < -0.4 is 16.6 Å². The van der Waals surface area contributed by atoms with Crippen molar-refractivity contribution in [3.05, 3.63) is 34.2 Å². The Balaban J connectivity index is 2.02. The van der Waals surface area contributed by atoms with Crippen molar-refractivity contribution in [1.82, 2.24) is 9.88 Å². The number of amides is 1. The standard InChI is InChI=1S/C13H17N3O3S/c14-12(20)10-2-1-5-16(13(10)18)8-11(17)15-9-3-6-19-7-4-9/h1-2,5,9H,3-4,6-8H2,(H2,14,20)(H,15,17). The lowest BCUT2D eigenvalue weighted by Crippen LogP contribution is -2.42. The van der Waals surface area contributed by atoms with Crippen molar-refractivity contribution >= 4 is 23.1 Å². The number of hydrogen-bond acceptors (Lipinski definition) is 4. The van der Waals surface area contributed by atoms with Gasteiger partial charge in [-0.1, -0.05) is 12.2 Å². The van der Waals surface area contributed by atoms with Crippen LogP contribution in [0.1, 0.15) is 18.4 Å². The van der Waals surface area contributed by atoms with Gasteiger partial charge in [0.1, 0.15) is 11.5 Å². The van der Waals surface area contributed by atoms with Gasteiger partial charge in [-0.15, -0.1) is 0 Å². The summed E-state index contributed by atoms with van der Waals surface area (Å²) in [6.45, 7) is 1.27. The number of rotatable bonds is 4. The summed E-state index contributed by atoms with van der Waals surface area (Å²) in [5.41, 5.74) is 5.37. The molecule has 2 heterocycles. The Morgan fingerprint density at radius 2 is 2.20 bits per heavy atom. The molecule has 0 atom stereocenters. The SMILES string of the molecule is NC(=S)c1cccn(CC(=O)NC2CCOCC2)c1=O. The molecule has 0 saturated carbocycles. The van der Waals surface area contributed by atoms with Gasteiger partial charge in [0.05, 0.1) is 5.56 Å². The third-order valence-electron chi connectivity index (χ3n) is 3.19. The van der Waals surface area contributed by atoms with Crippen LogP contribution in [0.3, 0.4) is 0 Å². The van der Waals surface area contributed by atoms with Gasteiger partial charge in [-0.2, -0.15) is 0 Å². The van der Waals surface area contributed by atoms with Gasteiger partial charge in [0.2, 0.25) is 5.91 Å². The summed E-state index contributed by atoms with van der Waals surface area (Å²) in [5.74, 6) is -0.195. The normalized spacial score (nSPS) is 15.8. The largest absolute Gasteiger partial charge is 0.389 e. The molecule has 7 heteroatoms. The van der Waals surface area contributed by atoms with Crippen molar-refractivity contribution in [3.8, 4) is 0 Å². The van der Waals surface area contributed by atoms with Crippen molar-refractivity contribution in [2.75, 3.05) is 13.2 Å². The van der Waals surface area contributed by atoms with Crippen LogP contribution in [0.15, 0.2) is 23.1 Å². The zero-order chi connectivity index (χ0) is 14.5. The molecule has 0 radical (unpaired) electrons. The molecule has 0 unspecified atom stereocenters. The highest BCUT2D eigenvalue weighted by Crippen LogP contribution is 2.05. The lowest BCUT2D eigenvalue weighted by molar-refractivity contribution is -0.123. The molecule has 1 aromatic heterocycles. The molecule has 1 aliphatic rings. The third kappa shape index (κ3) is 3.64. The zero-order valence-electron chi connectivity index (χ0n) is 11.0. The number of hydrogen-bond donors (Lipinski definition) is 2. The fourth-order valence-electron chi connectivity index (χ4n) is 2.12. The third-order valence-corrected chi connectivity index (χ3v) is 3.41. The van der Waals surface area contributed by atoms with E-state index in [0.29, 0.717) is 13.2 Å². The molecule has 0 aromatic carbocycles. The summed E-state index contributed by atoms with van der Waals surface area (Å²) >= 11 is 4.80. The van der Waals surface area contributed by atoms with Gasteiger partial charge in [0.15, 0.2) is 0 Å². The monoisotopic (exact) mass is 295 g/mol. The maximum absolute atomic E-state index is 12.0. The molecule has 1 aromatic rings. The molecule has 1 fully saturated rings. The second kappa shape index (κ2) is 6.62. The van der Waals surface area contributed by atoms with Gasteiger partial charge in [0, 0.05) is 25.5 Å². The first-order valence-corrected chi connectivity index (χ1v) is 6.85. The summed E-state index contributed by atoms with van der Waals surface area (Å²) in [5, 5.41) is 2.90. The fraction of sp³-hybridized carbons (Fsp3) is 0.462. The summed E-state index contributed by atoms with van der Waals surface area (Å²) in [6, 6.07) is 3.32. The fourth-order valence-corrected chi connectivity index (χ4v) is 2.27. The Hall–Kier alpha value is -1.73. The first-order chi connectivity index (χ1) is 9.58. The Kier molecular flexibility index (Phi) is 4.86. The summed E-state index contributed by atoms with van der Waals surface area (Å²) in [7, 11) is 0. The van der Waals surface area contributed by atoms with E-state index in [4.69, 9.17) is 22.7 Å². The number of pyridine rings is 1. The number of ether oxygens (including phenoxy) is 1. The molecule has 1 saturated heterocycles. The van der Waals surface area contributed by atoms with Gasteiger partial charge in [-0.25, -0.2) is 0 Å². The average Bonchev–Trinajstić information content (AvgIpc) is 2.42. The first-order valence-electron chi connectivity index (χ1n) is 6.44. The van der Waals surface area contributed by atoms with Crippen molar-refractivity contribution in [3.63, 3.8) is 0 Å². The molecule has 1 amide bonds. The van der Waals surface area contributed by atoms with E-state index in [1.165, 1.54) is 4.57 Å². The second-order valence-corrected chi connectivity index (χ2v) is 5.11. The summed E-state index contributed by atoms with van der Waals surface area (Å²) in [4.78, 5) is 24.0. The molecule has 1 aliphatic heterocycles. The quantitative estimate of drug-likeness (QED) is 0.750. The lowest BCUT2D eigenvalue weighted by Gasteiger charge is -2.23. The Bertz CT molecular complexity index is 564. The van der Waals surface area contributed by atoms with Crippen LogP contribution in [0.5, 0.6) is 0 Å². The van der Waals surface area contributed by atoms with Crippen molar-refractivity contribution in [2.24, 2.45) is 5.73 Å². The van der Waals surface area contributed by atoms with Gasteiger partial charge in [0.25, 0.3) is 5.56 Å². The van der Waals surface area contributed by atoms with Crippen LogP contribution in [-0.4, -0.2) is 34.7 Å². The molecular formula is C13H17N3O3S. The van der Waals surface area contributed by atoms with E-state index in [-0.39, 0.29) is 34.6 Å². The maximum Gasteiger partial charge on any atom is 0.261 e. The van der Waals surface area contributed by atoms with E-state index in [0.717, 1.165) is 12.8 Å². The Morgan fingerprint density at radius 3 is 2.85 bits per heavy atom. The second-order valence-electron chi connectivity index (χ2n) is 4.67. The minimum absolute atomic E-state index is 0.0351. The van der Waals surface area contributed by atoms with Crippen molar-refractivity contribution in [2.45, 2.75) is 25.4 Å². The van der Waals surface area contributed by atoms with Crippen LogP contribution in [0.4, 0.5) is 0 Å². The van der Waals surface area contributed by atoms with Crippen LogP contribution in [0.25, 0.3) is 0 Å². The van der Waals surface area contributed by atoms with Crippen molar-refractivity contribution < 1.29 is 9.53 Å². The molecule has 3 N–H and O–H groups in total. The predicted molar refractivity (Wildman–Crippen MR) is 78.6 cm³/mol. The lowest BCUT2D eigenvalue weighted by atomic mass is 10.1. The molecule has 0 aliphatic carbocycles. The van der Waals surface area contributed by atoms with Gasteiger partial charge >= 0.3 is 0 Å². The highest BCUT2D eigenvalue weighted by molar-refractivity contribution is 7.80. The zero-order valence-corrected chi connectivity index (χ0v) is 11.8. The Labute approximate surface area is 121 Å². The van der Waals surface area contributed by atoms with Gasteiger partial charge < -0.3 is 20.4 Å². The number of nitrogens with zero attached hydrogens (tertiary/aromatic N) is 1. The van der Waals surface area contributed by atoms with E-state index in [1.807, 2.05) is 0 Å². The number of nitrogens with one attached hydrogen (secondary N) is 1. The van der Waals surface area contributed by atoms with Gasteiger partial charge in [-0.3, -0.25) is 9.59 Å². The van der Waals surface area contributed by atoms with Crippen LogP contribution in [-0.2, 0) is 16.1 Å². The average molecular weight is 295 g/mol. The minimum atomic E-state index is -0.345. The topological polar surface area (TPSA) is 86.3 Å². The number of carbonyl (C=O) groups is 1. The van der Waals surface area contributed by atoms with Crippen LogP contribution in [0.2, 0.25) is 0 Å². The minimum Gasteiger partial charge on any atom is -0.389 e. The van der Waals surface area contributed by atoms with Gasteiger partial charge in [-0.05, 0) is 25.0 Å².